The van der Waals surface area contributed by atoms with Gasteiger partial charge in [-0.1, -0.05) is 39.0 Å². The summed E-state index contributed by atoms with van der Waals surface area (Å²) in [5.74, 6) is -1.31. The zero-order valence-electron chi connectivity index (χ0n) is 18.1. The summed E-state index contributed by atoms with van der Waals surface area (Å²) in [7, 11) is 0. The van der Waals surface area contributed by atoms with E-state index in [1.807, 2.05) is 26.0 Å². The summed E-state index contributed by atoms with van der Waals surface area (Å²) in [5.41, 5.74) is 0.958. The van der Waals surface area contributed by atoms with Crippen molar-refractivity contribution < 1.29 is 34.8 Å². The SMILES string of the molecule is CC[C@H](C)C(=O)OC1C[C@H](O)C=C2C=C[C@H](C)[C@H](CCC(O)CC(O)CC(=O)O)[C@H]21. The lowest BCUT2D eigenvalue weighted by atomic mass is 9.66. The molecule has 0 saturated heterocycles. The second-order valence-corrected chi connectivity index (χ2v) is 8.88. The van der Waals surface area contributed by atoms with Crippen LogP contribution in [-0.4, -0.2) is 56.8 Å². The number of allylic oxidation sites excluding steroid dienone is 2. The molecule has 0 radical (unpaired) electrons. The van der Waals surface area contributed by atoms with E-state index < -0.39 is 30.4 Å². The molecule has 4 N–H and O–H groups in total. The third kappa shape index (κ3) is 6.65. The van der Waals surface area contributed by atoms with Crippen molar-refractivity contribution in [2.45, 2.75) is 83.7 Å². The van der Waals surface area contributed by atoms with Crippen LogP contribution in [0.3, 0.4) is 0 Å². The normalized spacial score (nSPS) is 31.3. The summed E-state index contributed by atoms with van der Waals surface area (Å²) in [5, 5.41) is 39.1. The highest BCUT2D eigenvalue weighted by molar-refractivity contribution is 5.72. The fraction of sp³-hybridized carbons (Fsp3) is 0.739. The van der Waals surface area contributed by atoms with E-state index in [1.165, 1.54) is 0 Å². The molecule has 0 aromatic heterocycles. The van der Waals surface area contributed by atoms with E-state index in [9.17, 15) is 24.9 Å². The number of aliphatic carboxylic acids is 1. The van der Waals surface area contributed by atoms with Crippen molar-refractivity contribution in [3.05, 3.63) is 23.8 Å². The van der Waals surface area contributed by atoms with Crippen LogP contribution >= 0.6 is 0 Å². The van der Waals surface area contributed by atoms with Crippen molar-refractivity contribution in [1.82, 2.24) is 0 Å². The number of ether oxygens (including phenoxy) is 1. The standard InChI is InChI=1S/C23H36O7/c1-4-13(2)23(29)30-20-11-17(25)9-15-6-5-14(3)19(22(15)20)8-7-16(24)10-18(26)12-21(27)28/h5-6,9,13-14,16-20,22,24-26H,4,7-8,10-12H2,1-3H3,(H,27,28)/t13-,14-,16?,17+,18?,19-,20?,22-/m0/s1. The van der Waals surface area contributed by atoms with Gasteiger partial charge in [-0.05, 0) is 43.1 Å². The van der Waals surface area contributed by atoms with Gasteiger partial charge in [-0.25, -0.2) is 0 Å². The molecular formula is C23H36O7. The van der Waals surface area contributed by atoms with Gasteiger partial charge in [-0.3, -0.25) is 9.59 Å². The third-order valence-electron chi connectivity index (χ3n) is 6.44. The number of rotatable bonds is 10. The molecule has 3 unspecified atom stereocenters. The average molecular weight is 425 g/mol. The van der Waals surface area contributed by atoms with Crippen molar-refractivity contribution in [3.8, 4) is 0 Å². The second kappa shape index (κ2) is 11.1. The van der Waals surface area contributed by atoms with Gasteiger partial charge in [-0.15, -0.1) is 0 Å². The topological polar surface area (TPSA) is 124 Å². The lowest BCUT2D eigenvalue weighted by Gasteiger charge is -2.43. The highest BCUT2D eigenvalue weighted by Gasteiger charge is 2.42. The number of aliphatic hydroxyl groups excluding tert-OH is 3. The molecule has 0 aliphatic heterocycles. The highest BCUT2D eigenvalue weighted by atomic mass is 16.5. The molecule has 8 atom stereocenters. The monoisotopic (exact) mass is 424 g/mol. The predicted molar refractivity (Wildman–Crippen MR) is 111 cm³/mol. The molecule has 170 valence electrons. The molecule has 0 bridgehead atoms. The number of esters is 1. The van der Waals surface area contributed by atoms with Gasteiger partial charge in [0.2, 0.25) is 0 Å². The van der Waals surface area contributed by atoms with Gasteiger partial charge in [0.15, 0.2) is 0 Å². The van der Waals surface area contributed by atoms with E-state index in [4.69, 9.17) is 9.84 Å². The van der Waals surface area contributed by atoms with Crippen LogP contribution in [0.25, 0.3) is 0 Å². The quantitative estimate of drug-likeness (QED) is 0.397. The van der Waals surface area contributed by atoms with Gasteiger partial charge in [0, 0.05) is 12.3 Å². The summed E-state index contributed by atoms with van der Waals surface area (Å²) >= 11 is 0. The molecule has 7 nitrogen and oxygen atoms in total. The maximum atomic E-state index is 12.4. The first-order valence-electron chi connectivity index (χ1n) is 11.0. The molecule has 2 aliphatic rings. The largest absolute Gasteiger partial charge is 0.481 e. The number of fused-ring (bicyclic) bond motifs is 1. The van der Waals surface area contributed by atoms with Crippen LogP contribution in [0.15, 0.2) is 23.8 Å². The number of carbonyl (C=O) groups is 2. The molecular weight excluding hydrogens is 388 g/mol. The molecule has 30 heavy (non-hydrogen) atoms. The van der Waals surface area contributed by atoms with Crippen LogP contribution < -0.4 is 0 Å². The van der Waals surface area contributed by atoms with Crippen molar-refractivity contribution in [2.75, 3.05) is 0 Å². The van der Waals surface area contributed by atoms with E-state index in [-0.39, 0.29) is 42.5 Å². The van der Waals surface area contributed by atoms with Crippen LogP contribution in [0.5, 0.6) is 0 Å². The van der Waals surface area contributed by atoms with Crippen LogP contribution in [0.4, 0.5) is 0 Å². The molecule has 0 aromatic rings. The Kier molecular flexibility index (Phi) is 9.07. The third-order valence-corrected chi connectivity index (χ3v) is 6.44. The van der Waals surface area contributed by atoms with E-state index in [0.29, 0.717) is 25.7 Å². The van der Waals surface area contributed by atoms with Crippen molar-refractivity contribution in [1.29, 1.82) is 0 Å². The van der Waals surface area contributed by atoms with Gasteiger partial charge >= 0.3 is 11.9 Å². The summed E-state index contributed by atoms with van der Waals surface area (Å²) in [6.07, 6.45) is 4.64. The van der Waals surface area contributed by atoms with E-state index in [1.54, 1.807) is 0 Å². The van der Waals surface area contributed by atoms with Gasteiger partial charge in [0.1, 0.15) is 6.10 Å². The number of carbonyl (C=O) groups excluding carboxylic acids is 1. The van der Waals surface area contributed by atoms with Crippen LogP contribution in [0.1, 0.15) is 59.3 Å². The van der Waals surface area contributed by atoms with Gasteiger partial charge in [0.25, 0.3) is 0 Å². The van der Waals surface area contributed by atoms with Crippen molar-refractivity contribution >= 4 is 11.9 Å². The van der Waals surface area contributed by atoms with Crippen LogP contribution in [-0.2, 0) is 14.3 Å². The highest BCUT2D eigenvalue weighted by Crippen LogP contribution is 2.44. The molecule has 2 rings (SSSR count). The number of carboxylic acids is 1. The first kappa shape index (κ1) is 24.6. The predicted octanol–water partition coefficient (Wildman–Crippen LogP) is 2.44. The second-order valence-electron chi connectivity index (χ2n) is 8.88. The summed E-state index contributed by atoms with van der Waals surface area (Å²) in [4.78, 5) is 23.1. The molecule has 0 aromatic carbocycles. The van der Waals surface area contributed by atoms with Crippen molar-refractivity contribution in [2.24, 2.45) is 23.7 Å². The van der Waals surface area contributed by atoms with E-state index >= 15 is 0 Å². The van der Waals surface area contributed by atoms with Gasteiger partial charge < -0.3 is 25.2 Å². The van der Waals surface area contributed by atoms with Crippen molar-refractivity contribution in [3.63, 3.8) is 0 Å². The Morgan fingerprint density at radius 3 is 2.60 bits per heavy atom. The zero-order chi connectivity index (χ0) is 22.4. The lowest BCUT2D eigenvalue weighted by molar-refractivity contribution is -0.159. The number of aliphatic hydroxyl groups is 3. The average Bonchev–Trinajstić information content (AvgIpc) is 2.65. The Morgan fingerprint density at radius 1 is 1.27 bits per heavy atom. The molecule has 0 saturated carbocycles. The minimum atomic E-state index is -1.10. The summed E-state index contributed by atoms with van der Waals surface area (Å²) < 4.78 is 5.84. The molecule has 7 heteroatoms. The lowest BCUT2D eigenvalue weighted by Crippen LogP contribution is -2.43. The molecule has 0 amide bonds. The van der Waals surface area contributed by atoms with Crippen LogP contribution in [0, 0.1) is 23.7 Å². The summed E-state index contributed by atoms with van der Waals surface area (Å²) in [6.45, 7) is 5.85. The first-order valence-corrected chi connectivity index (χ1v) is 11.0. The van der Waals surface area contributed by atoms with E-state index in [2.05, 4.69) is 13.0 Å². The first-order chi connectivity index (χ1) is 14.1. The van der Waals surface area contributed by atoms with E-state index in [0.717, 1.165) is 5.57 Å². The minimum Gasteiger partial charge on any atom is -0.481 e. The maximum Gasteiger partial charge on any atom is 0.308 e. The fourth-order valence-electron chi connectivity index (χ4n) is 4.52. The number of hydrogen-bond donors (Lipinski definition) is 4. The Bertz CT molecular complexity index is 656. The Balaban J connectivity index is 2.09. The Hall–Kier alpha value is -1.70. The van der Waals surface area contributed by atoms with Crippen LogP contribution in [0.2, 0.25) is 0 Å². The molecule has 0 spiro atoms. The number of hydrogen-bond acceptors (Lipinski definition) is 6. The zero-order valence-corrected chi connectivity index (χ0v) is 18.1. The summed E-state index contributed by atoms with van der Waals surface area (Å²) in [6, 6.07) is 0. The molecule has 0 heterocycles. The Labute approximate surface area is 178 Å². The minimum absolute atomic E-state index is 0.0156. The molecule has 0 fully saturated rings. The number of carboxylic acid groups (broad SMARTS) is 1. The maximum absolute atomic E-state index is 12.4. The van der Waals surface area contributed by atoms with Gasteiger partial charge in [0.05, 0.1) is 30.7 Å². The molecule has 2 aliphatic carbocycles. The fourth-order valence-corrected chi connectivity index (χ4v) is 4.52. The smallest absolute Gasteiger partial charge is 0.308 e. The van der Waals surface area contributed by atoms with Gasteiger partial charge in [-0.2, -0.15) is 0 Å². The Morgan fingerprint density at radius 2 is 1.97 bits per heavy atom.